The molecule has 6 nitrogen and oxygen atoms in total. The number of aliphatic hydroxyl groups is 1. The first kappa shape index (κ1) is 17.3. The van der Waals surface area contributed by atoms with Crippen LogP contribution in [-0.4, -0.2) is 52.3 Å². The first-order valence-electron chi connectivity index (χ1n) is 7.85. The molecule has 1 amide bonds. The van der Waals surface area contributed by atoms with Gasteiger partial charge in [0.2, 0.25) is 5.91 Å². The molecule has 1 aliphatic heterocycles. The predicted octanol–water partition coefficient (Wildman–Crippen LogP) is 1.53. The molecule has 1 atom stereocenters. The zero-order valence-electron chi connectivity index (χ0n) is 13.3. The molecule has 0 bridgehead atoms. The number of carboxylic acids is 1. The highest BCUT2D eigenvalue weighted by atomic mass is 16.5. The molecule has 1 fully saturated rings. The van der Waals surface area contributed by atoms with Crippen molar-refractivity contribution in [1.29, 1.82) is 0 Å². The molecule has 0 spiro atoms. The van der Waals surface area contributed by atoms with Crippen molar-refractivity contribution in [3.63, 3.8) is 0 Å². The normalized spacial score (nSPS) is 18.3. The Balaban J connectivity index is 1.76. The van der Waals surface area contributed by atoms with Gasteiger partial charge in [0.15, 0.2) is 5.60 Å². The van der Waals surface area contributed by atoms with Gasteiger partial charge in [0.1, 0.15) is 5.75 Å². The number of carboxylic acid groups (broad SMARTS) is 1. The number of piperidine rings is 1. The molecule has 2 rings (SSSR count). The zero-order chi connectivity index (χ0) is 16.9. The van der Waals surface area contributed by atoms with Crippen LogP contribution in [0.4, 0.5) is 0 Å². The first-order valence-corrected chi connectivity index (χ1v) is 7.85. The highest BCUT2D eigenvalue weighted by molar-refractivity contribution is 5.80. The molecule has 6 heteroatoms. The summed E-state index contributed by atoms with van der Waals surface area (Å²) in [5, 5.41) is 18.9. The van der Waals surface area contributed by atoms with Crippen LogP contribution in [0.5, 0.6) is 5.75 Å². The van der Waals surface area contributed by atoms with Crippen LogP contribution in [0.25, 0.3) is 0 Å². The lowest BCUT2D eigenvalue weighted by Crippen LogP contribution is -2.51. The monoisotopic (exact) mass is 321 g/mol. The number of carbonyl (C=O) groups is 2. The highest BCUT2D eigenvalue weighted by Crippen LogP contribution is 2.24. The van der Waals surface area contributed by atoms with Gasteiger partial charge < -0.3 is 19.8 Å². The Bertz CT molecular complexity index is 537. The lowest BCUT2D eigenvalue weighted by atomic mass is 9.91. The summed E-state index contributed by atoms with van der Waals surface area (Å²) < 4.78 is 5.59. The summed E-state index contributed by atoms with van der Waals surface area (Å²) in [7, 11) is 0. The van der Waals surface area contributed by atoms with Crippen molar-refractivity contribution in [2.45, 2.75) is 31.8 Å². The molecule has 1 aromatic rings. The van der Waals surface area contributed by atoms with Crippen LogP contribution in [-0.2, 0) is 9.59 Å². The Kier molecular flexibility index (Phi) is 5.60. The van der Waals surface area contributed by atoms with Crippen molar-refractivity contribution >= 4 is 11.9 Å². The fraction of sp³-hybridized carbons (Fsp3) is 0.529. The van der Waals surface area contributed by atoms with E-state index < -0.39 is 11.6 Å². The minimum absolute atomic E-state index is 0.0194. The van der Waals surface area contributed by atoms with Crippen LogP contribution in [0, 0.1) is 5.92 Å². The summed E-state index contributed by atoms with van der Waals surface area (Å²) in [6, 6.07) is 9.42. The average Bonchev–Trinajstić information content (AvgIpc) is 2.55. The molecule has 1 aromatic carbocycles. The molecular formula is C17H23NO5. The molecule has 2 N–H and O–H groups in total. The number of aliphatic carboxylic acids is 1. The molecule has 0 radical (unpaired) electrons. The summed E-state index contributed by atoms with van der Waals surface area (Å²) in [6.45, 7) is 2.83. The van der Waals surface area contributed by atoms with Gasteiger partial charge in [0.05, 0.1) is 6.61 Å². The van der Waals surface area contributed by atoms with Crippen molar-refractivity contribution in [1.82, 2.24) is 4.90 Å². The van der Waals surface area contributed by atoms with Gasteiger partial charge in [-0.25, -0.2) is 4.79 Å². The summed E-state index contributed by atoms with van der Waals surface area (Å²) in [5.41, 5.74) is -1.70. The minimum Gasteiger partial charge on any atom is -0.494 e. The predicted molar refractivity (Wildman–Crippen MR) is 84.1 cm³/mol. The summed E-state index contributed by atoms with van der Waals surface area (Å²) >= 11 is 0. The van der Waals surface area contributed by atoms with Gasteiger partial charge in [-0.15, -0.1) is 0 Å². The van der Waals surface area contributed by atoms with Crippen LogP contribution >= 0.6 is 0 Å². The van der Waals surface area contributed by atoms with Crippen LogP contribution < -0.4 is 4.74 Å². The SMILES string of the molecule is CC(CCOc1ccccc1)C(=O)N1CCC(O)(C(=O)O)CC1. The summed E-state index contributed by atoms with van der Waals surface area (Å²) in [5.74, 6) is -0.658. The molecule has 1 aliphatic rings. The number of nitrogens with zero attached hydrogens (tertiary/aromatic N) is 1. The van der Waals surface area contributed by atoms with Gasteiger partial charge in [-0.2, -0.15) is 0 Å². The third-order valence-corrected chi connectivity index (χ3v) is 4.28. The van der Waals surface area contributed by atoms with E-state index in [1.165, 1.54) is 0 Å². The van der Waals surface area contributed by atoms with E-state index in [9.17, 15) is 14.7 Å². The maximum Gasteiger partial charge on any atom is 0.335 e. The Morgan fingerprint density at radius 2 is 1.87 bits per heavy atom. The van der Waals surface area contributed by atoms with Gasteiger partial charge in [-0.3, -0.25) is 4.79 Å². The Labute approximate surface area is 135 Å². The lowest BCUT2D eigenvalue weighted by Gasteiger charge is -2.36. The number of hydrogen-bond acceptors (Lipinski definition) is 4. The Morgan fingerprint density at radius 1 is 1.26 bits per heavy atom. The maximum atomic E-state index is 12.4. The smallest absolute Gasteiger partial charge is 0.335 e. The van der Waals surface area contributed by atoms with Gasteiger partial charge in [0, 0.05) is 31.8 Å². The number of amides is 1. The first-order chi connectivity index (χ1) is 10.9. The van der Waals surface area contributed by atoms with E-state index in [4.69, 9.17) is 9.84 Å². The third-order valence-electron chi connectivity index (χ3n) is 4.28. The number of hydrogen-bond donors (Lipinski definition) is 2. The Morgan fingerprint density at radius 3 is 2.43 bits per heavy atom. The summed E-state index contributed by atoms with van der Waals surface area (Å²) in [4.78, 5) is 25.0. The van der Waals surface area contributed by atoms with E-state index in [0.717, 1.165) is 5.75 Å². The molecule has 126 valence electrons. The van der Waals surface area contributed by atoms with E-state index >= 15 is 0 Å². The number of rotatable bonds is 6. The molecule has 23 heavy (non-hydrogen) atoms. The fourth-order valence-electron chi connectivity index (χ4n) is 2.62. The lowest BCUT2D eigenvalue weighted by molar-refractivity contribution is -0.165. The maximum absolute atomic E-state index is 12.4. The van der Waals surface area contributed by atoms with E-state index in [-0.39, 0.29) is 37.8 Å². The molecule has 1 heterocycles. The van der Waals surface area contributed by atoms with E-state index in [2.05, 4.69) is 0 Å². The topological polar surface area (TPSA) is 87.1 Å². The molecule has 0 saturated carbocycles. The molecule has 1 unspecified atom stereocenters. The molecular weight excluding hydrogens is 298 g/mol. The van der Waals surface area contributed by atoms with Crippen molar-refractivity contribution in [2.75, 3.05) is 19.7 Å². The second-order valence-electron chi connectivity index (χ2n) is 6.01. The van der Waals surface area contributed by atoms with Gasteiger partial charge in [0.25, 0.3) is 0 Å². The van der Waals surface area contributed by atoms with Gasteiger partial charge >= 0.3 is 5.97 Å². The highest BCUT2D eigenvalue weighted by Gasteiger charge is 2.40. The average molecular weight is 321 g/mol. The van der Waals surface area contributed by atoms with E-state index in [0.29, 0.717) is 13.0 Å². The van der Waals surface area contributed by atoms with Gasteiger partial charge in [-0.1, -0.05) is 25.1 Å². The second kappa shape index (κ2) is 7.46. The van der Waals surface area contributed by atoms with Crippen molar-refractivity contribution < 1.29 is 24.5 Å². The number of benzene rings is 1. The number of carbonyl (C=O) groups excluding carboxylic acids is 1. The van der Waals surface area contributed by atoms with Crippen molar-refractivity contribution in [3.05, 3.63) is 30.3 Å². The third kappa shape index (κ3) is 4.45. The van der Waals surface area contributed by atoms with Crippen LogP contribution in [0.1, 0.15) is 26.2 Å². The van der Waals surface area contributed by atoms with E-state index in [1.54, 1.807) is 4.90 Å². The fourth-order valence-corrected chi connectivity index (χ4v) is 2.62. The number of ether oxygens (including phenoxy) is 1. The number of likely N-dealkylation sites (tertiary alicyclic amines) is 1. The number of para-hydroxylation sites is 1. The molecule has 0 aliphatic carbocycles. The van der Waals surface area contributed by atoms with E-state index in [1.807, 2.05) is 37.3 Å². The van der Waals surface area contributed by atoms with Gasteiger partial charge in [-0.05, 0) is 18.6 Å². The minimum atomic E-state index is -1.70. The van der Waals surface area contributed by atoms with Crippen molar-refractivity contribution in [2.24, 2.45) is 5.92 Å². The molecule has 1 saturated heterocycles. The zero-order valence-corrected chi connectivity index (χ0v) is 13.3. The van der Waals surface area contributed by atoms with Crippen molar-refractivity contribution in [3.8, 4) is 5.75 Å². The Hall–Kier alpha value is -2.08. The van der Waals surface area contributed by atoms with Crippen LogP contribution in [0.3, 0.4) is 0 Å². The standard InChI is InChI=1S/C17H23NO5/c1-13(7-12-23-14-5-3-2-4-6-14)15(19)18-10-8-17(22,9-11-18)16(20)21/h2-6,13,22H,7-12H2,1H3,(H,20,21). The second-order valence-corrected chi connectivity index (χ2v) is 6.01. The van der Waals surface area contributed by atoms with Crippen LogP contribution in [0.15, 0.2) is 30.3 Å². The largest absolute Gasteiger partial charge is 0.494 e. The van der Waals surface area contributed by atoms with Crippen LogP contribution in [0.2, 0.25) is 0 Å². The summed E-state index contributed by atoms with van der Waals surface area (Å²) in [6.07, 6.45) is 0.732. The quantitative estimate of drug-likeness (QED) is 0.830. The molecule has 0 aromatic heterocycles.